The van der Waals surface area contributed by atoms with Crippen molar-refractivity contribution in [2.24, 2.45) is 0 Å². The maximum atomic E-state index is 12.1. The number of rotatable bonds is 5. The van der Waals surface area contributed by atoms with Gasteiger partial charge in [0, 0.05) is 18.5 Å². The molecule has 92 valence electrons. The second-order valence-corrected chi connectivity index (χ2v) is 7.06. The zero-order valence-corrected chi connectivity index (χ0v) is 11.4. The van der Waals surface area contributed by atoms with Crippen molar-refractivity contribution in [2.75, 3.05) is 13.6 Å². The molecule has 0 fully saturated rings. The minimum Gasteiger partial charge on any atom is -0.391 e. The zero-order valence-electron chi connectivity index (χ0n) is 9.73. The third-order valence-electron chi connectivity index (χ3n) is 2.34. The molecule has 0 saturated carbocycles. The molecule has 0 aliphatic rings. The maximum absolute atomic E-state index is 12.1. The summed E-state index contributed by atoms with van der Waals surface area (Å²) in [5, 5.41) is 9.04. The van der Waals surface area contributed by atoms with Gasteiger partial charge in [-0.05, 0) is 25.0 Å². The second kappa shape index (κ2) is 5.27. The average Bonchev–Trinajstić information content (AvgIpc) is 2.60. The molecule has 0 saturated heterocycles. The van der Waals surface area contributed by atoms with Crippen molar-refractivity contribution in [2.45, 2.75) is 31.1 Å². The Morgan fingerprint density at radius 2 is 2.12 bits per heavy atom. The van der Waals surface area contributed by atoms with Crippen LogP contribution in [0.1, 0.15) is 23.8 Å². The number of aliphatic hydroxyl groups excluding tert-OH is 1. The smallest absolute Gasteiger partial charge is 0.252 e. The van der Waals surface area contributed by atoms with Crippen LogP contribution < -0.4 is 0 Å². The Kier molecular flexibility index (Phi) is 4.49. The number of hydrogen-bond acceptors (Lipinski definition) is 4. The fourth-order valence-electron chi connectivity index (χ4n) is 1.36. The largest absolute Gasteiger partial charge is 0.391 e. The van der Waals surface area contributed by atoms with E-state index in [9.17, 15) is 8.42 Å². The van der Waals surface area contributed by atoms with Gasteiger partial charge in [-0.25, -0.2) is 12.7 Å². The van der Waals surface area contributed by atoms with Crippen LogP contribution in [0.4, 0.5) is 0 Å². The minimum atomic E-state index is -3.37. The summed E-state index contributed by atoms with van der Waals surface area (Å²) in [6.07, 6.45) is 0.785. The fourth-order valence-corrected chi connectivity index (χ4v) is 4.28. The summed E-state index contributed by atoms with van der Waals surface area (Å²) in [7, 11) is -1.80. The molecule has 1 N–H and O–H groups in total. The molecule has 1 rings (SSSR count). The van der Waals surface area contributed by atoms with Crippen molar-refractivity contribution < 1.29 is 13.5 Å². The normalized spacial score (nSPS) is 12.3. The Balaban J connectivity index is 3.07. The van der Waals surface area contributed by atoms with Crippen LogP contribution in [-0.4, -0.2) is 31.4 Å². The molecule has 0 radical (unpaired) electrons. The topological polar surface area (TPSA) is 57.6 Å². The van der Waals surface area contributed by atoms with Crippen molar-refractivity contribution in [3.63, 3.8) is 0 Å². The van der Waals surface area contributed by atoms with Gasteiger partial charge in [0.1, 0.15) is 4.21 Å². The van der Waals surface area contributed by atoms with Crippen LogP contribution in [0, 0.1) is 6.92 Å². The van der Waals surface area contributed by atoms with E-state index >= 15 is 0 Å². The van der Waals surface area contributed by atoms with E-state index in [2.05, 4.69) is 0 Å². The maximum Gasteiger partial charge on any atom is 0.252 e. The predicted molar refractivity (Wildman–Crippen MR) is 65.1 cm³/mol. The standard InChI is InChI=1S/C10H17NO3S2/c1-4-5-11(3)16(13,14)10-6-8(2)9(7-12)15-10/h6,12H,4-5,7H2,1-3H3. The van der Waals surface area contributed by atoms with Crippen LogP contribution >= 0.6 is 11.3 Å². The number of thiophene rings is 1. The van der Waals surface area contributed by atoms with Crippen LogP contribution in [0.5, 0.6) is 0 Å². The zero-order chi connectivity index (χ0) is 12.3. The average molecular weight is 263 g/mol. The van der Waals surface area contributed by atoms with Gasteiger partial charge in [-0.3, -0.25) is 0 Å². The lowest BCUT2D eigenvalue weighted by Gasteiger charge is -2.14. The molecule has 1 heterocycles. The lowest BCUT2D eigenvalue weighted by molar-refractivity contribution is 0.285. The summed E-state index contributed by atoms with van der Waals surface area (Å²) < 4.78 is 25.8. The molecular weight excluding hydrogens is 246 g/mol. The van der Waals surface area contributed by atoms with Gasteiger partial charge in [-0.15, -0.1) is 11.3 Å². The van der Waals surface area contributed by atoms with Crippen LogP contribution in [-0.2, 0) is 16.6 Å². The van der Waals surface area contributed by atoms with Gasteiger partial charge in [0.2, 0.25) is 0 Å². The van der Waals surface area contributed by atoms with Gasteiger partial charge >= 0.3 is 0 Å². The first-order valence-electron chi connectivity index (χ1n) is 5.10. The molecule has 0 unspecified atom stereocenters. The highest BCUT2D eigenvalue weighted by Gasteiger charge is 2.23. The summed E-state index contributed by atoms with van der Waals surface area (Å²) in [6.45, 7) is 4.14. The first-order valence-corrected chi connectivity index (χ1v) is 7.35. The second-order valence-electron chi connectivity index (χ2n) is 3.66. The quantitative estimate of drug-likeness (QED) is 0.877. The summed E-state index contributed by atoms with van der Waals surface area (Å²) in [5.74, 6) is 0. The molecule has 0 spiro atoms. The van der Waals surface area contributed by atoms with Crippen molar-refractivity contribution in [1.29, 1.82) is 0 Å². The van der Waals surface area contributed by atoms with Gasteiger partial charge in [-0.2, -0.15) is 0 Å². The summed E-state index contributed by atoms with van der Waals surface area (Å²) in [4.78, 5) is 0.712. The highest BCUT2D eigenvalue weighted by molar-refractivity contribution is 7.91. The van der Waals surface area contributed by atoms with E-state index in [0.717, 1.165) is 23.3 Å². The van der Waals surface area contributed by atoms with Crippen molar-refractivity contribution in [1.82, 2.24) is 4.31 Å². The number of nitrogens with zero attached hydrogens (tertiary/aromatic N) is 1. The lowest BCUT2D eigenvalue weighted by atomic mass is 10.3. The van der Waals surface area contributed by atoms with Gasteiger partial charge in [0.05, 0.1) is 6.61 Å². The van der Waals surface area contributed by atoms with E-state index in [1.807, 2.05) is 6.92 Å². The van der Waals surface area contributed by atoms with E-state index in [1.165, 1.54) is 4.31 Å². The van der Waals surface area contributed by atoms with E-state index < -0.39 is 10.0 Å². The highest BCUT2D eigenvalue weighted by atomic mass is 32.2. The molecule has 0 aliphatic carbocycles. The Bertz CT molecular complexity index is 451. The van der Waals surface area contributed by atoms with Gasteiger partial charge in [0.15, 0.2) is 0 Å². The van der Waals surface area contributed by atoms with E-state index in [4.69, 9.17) is 5.11 Å². The Morgan fingerprint density at radius 1 is 1.50 bits per heavy atom. The summed E-state index contributed by atoms with van der Waals surface area (Å²) in [5.41, 5.74) is 0.830. The first kappa shape index (κ1) is 13.6. The number of sulfonamides is 1. The Hall–Kier alpha value is -0.430. The van der Waals surface area contributed by atoms with Gasteiger partial charge in [-0.1, -0.05) is 6.92 Å². The molecule has 16 heavy (non-hydrogen) atoms. The highest BCUT2D eigenvalue weighted by Crippen LogP contribution is 2.27. The first-order chi connectivity index (χ1) is 7.43. The molecule has 1 aromatic heterocycles. The number of hydrogen-bond donors (Lipinski definition) is 1. The summed E-state index contributed by atoms with van der Waals surface area (Å²) >= 11 is 1.14. The van der Waals surface area contributed by atoms with Gasteiger partial charge in [0.25, 0.3) is 10.0 Å². The molecule has 6 heteroatoms. The van der Waals surface area contributed by atoms with E-state index in [-0.39, 0.29) is 6.61 Å². The third-order valence-corrected chi connectivity index (χ3v) is 5.87. The molecule has 0 aromatic carbocycles. The van der Waals surface area contributed by atoms with E-state index in [0.29, 0.717) is 15.6 Å². The van der Waals surface area contributed by atoms with Crippen LogP contribution in [0.15, 0.2) is 10.3 Å². The van der Waals surface area contributed by atoms with Crippen LogP contribution in [0.2, 0.25) is 0 Å². The molecule has 0 aliphatic heterocycles. The third kappa shape index (κ3) is 2.63. The molecule has 0 atom stereocenters. The van der Waals surface area contributed by atoms with Crippen molar-refractivity contribution >= 4 is 21.4 Å². The number of aryl methyl sites for hydroxylation is 1. The monoisotopic (exact) mass is 263 g/mol. The Labute approximate surface area is 101 Å². The molecule has 0 bridgehead atoms. The molecule has 0 amide bonds. The molecule has 4 nitrogen and oxygen atoms in total. The van der Waals surface area contributed by atoms with E-state index in [1.54, 1.807) is 20.0 Å². The van der Waals surface area contributed by atoms with Crippen molar-refractivity contribution in [3.8, 4) is 0 Å². The van der Waals surface area contributed by atoms with Crippen molar-refractivity contribution in [3.05, 3.63) is 16.5 Å². The molecule has 1 aromatic rings. The van der Waals surface area contributed by atoms with Crippen LogP contribution in [0.3, 0.4) is 0 Å². The Morgan fingerprint density at radius 3 is 2.56 bits per heavy atom. The summed E-state index contributed by atoms with van der Waals surface area (Å²) in [6, 6.07) is 1.62. The van der Waals surface area contributed by atoms with Gasteiger partial charge < -0.3 is 5.11 Å². The predicted octanol–water partition coefficient (Wildman–Crippen LogP) is 1.58. The van der Waals surface area contributed by atoms with Crippen LogP contribution in [0.25, 0.3) is 0 Å². The SMILES string of the molecule is CCCN(C)S(=O)(=O)c1cc(C)c(CO)s1. The number of aliphatic hydroxyl groups is 1. The fraction of sp³-hybridized carbons (Fsp3) is 0.600. The lowest BCUT2D eigenvalue weighted by Crippen LogP contribution is -2.26. The molecular formula is C10H17NO3S2. The minimum absolute atomic E-state index is 0.108.